The molecule has 0 saturated heterocycles. The first-order valence-corrected chi connectivity index (χ1v) is 6.15. The Hall–Kier alpha value is -2.01. The minimum Gasteiger partial charge on any atom is -0.493 e. The Kier molecular flexibility index (Phi) is 4.41. The van der Waals surface area contributed by atoms with Crippen LogP contribution in [0.3, 0.4) is 0 Å². The first kappa shape index (κ1) is 13.4. The lowest BCUT2D eigenvalue weighted by Crippen LogP contribution is -2.13. The number of hydrogen-bond donors (Lipinski definition) is 2. The fourth-order valence-electron chi connectivity index (χ4n) is 1.98. The maximum Gasteiger partial charge on any atom is 0.165 e. The molecule has 0 unspecified atom stereocenters. The first-order chi connectivity index (χ1) is 9.26. The van der Waals surface area contributed by atoms with Crippen LogP contribution in [0.2, 0.25) is 0 Å². The highest BCUT2D eigenvalue weighted by atomic mass is 16.5. The molecule has 5 nitrogen and oxygen atoms in total. The Labute approximate surface area is 112 Å². The van der Waals surface area contributed by atoms with Crippen molar-refractivity contribution in [1.29, 1.82) is 0 Å². The Morgan fingerprint density at radius 3 is 2.58 bits per heavy atom. The molecule has 2 N–H and O–H groups in total. The number of aromatic nitrogens is 2. The zero-order valence-corrected chi connectivity index (χ0v) is 11.5. The second kappa shape index (κ2) is 6.24. The average molecular weight is 261 g/mol. The van der Waals surface area contributed by atoms with Gasteiger partial charge < -0.3 is 14.8 Å². The van der Waals surface area contributed by atoms with Gasteiger partial charge >= 0.3 is 0 Å². The summed E-state index contributed by atoms with van der Waals surface area (Å²) in [6, 6.07) is 5.88. The highest BCUT2D eigenvalue weighted by molar-refractivity contribution is 5.46. The highest BCUT2D eigenvalue weighted by Crippen LogP contribution is 2.30. The van der Waals surface area contributed by atoms with E-state index in [-0.39, 0.29) is 0 Å². The largest absolute Gasteiger partial charge is 0.493 e. The summed E-state index contributed by atoms with van der Waals surface area (Å²) in [6.07, 6.45) is 1.84. The van der Waals surface area contributed by atoms with E-state index >= 15 is 0 Å². The molecule has 1 aromatic carbocycles. The highest BCUT2D eigenvalue weighted by Gasteiger charge is 2.09. The summed E-state index contributed by atoms with van der Waals surface area (Å²) < 4.78 is 10.7. The van der Waals surface area contributed by atoms with Crippen LogP contribution in [0, 0.1) is 6.92 Å². The molecule has 0 amide bonds. The van der Waals surface area contributed by atoms with Crippen molar-refractivity contribution in [1.82, 2.24) is 15.5 Å². The molecule has 2 aromatic rings. The lowest BCUT2D eigenvalue weighted by Gasteiger charge is -2.13. The van der Waals surface area contributed by atoms with E-state index in [0.717, 1.165) is 29.3 Å². The number of aromatic amines is 1. The maximum absolute atomic E-state index is 5.40. The van der Waals surface area contributed by atoms with Crippen LogP contribution in [0.25, 0.3) is 0 Å². The molecule has 0 bridgehead atoms. The van der Waals surface area contributed by atoms with E-state index in [4.69, 9.17) is 9.47 Å². The van der Waals surface area contributed by atoms with Crippen molar-refractivity contribution >= 4 is 0 Å². The van der Waals surface area contributed by atoms with Gasteiger partial charge in [0.2, 0.25) is 0 Å². The Bertz CT molecular complexity index is 537. The number of H-pyrrole nitrogens is 1. The smallest absolute Gasteiger partial charge is 0.165 e. The molecule has 0 aliphatic rings. The number of aryl methyl sites for hydroxylation is 1. The van der Waals surface area contributed by atoms with E-state index < -0.39 is 0 Å². The lowest BCUT2D eigenvalue weighted by molar-refractivity contribution is 0.350. The molecule has 19 heavy (non-hydrogen) atoms. The molecule has 0 radical (unpaired) electrons. The molecule has 0 fully saturated rings. The molecule has 1 heterocycles. The number of benzene rings is 1. The third kappa shape index (κ3) is 3.06. The molecule has 0 spiro atoms. The minimum absolute atomic E-state index is 0.713. The number of para-hydroxylation sites is 1. The van der Waals surface area contributed by atoms with Gasteiger partial charge in [0.25, 0.3) is 0 Å². The van der Waals surface area contributed by atoms with E-state index in [2.05, 4.69) is 15.5 Å². The number of nitrogens with zero attached hydrogens (tertiary/aromatic N) is 1. The number of methoxy groups -OCH3 is 2. The van der Waals surface area contributed by atoms with Crippen molar-refractivity contribution in [2.75, 3.05) is 14.2 Å². The van der Waals surface area contributed by atoms with Gasteiger partial charge in [-0.05, 0) is 13.0 Å². The number of nitrogens with one attached hydrogen (secondary N) is 2. The summed E-state index contributed by atoms with van der Waals surface area (Å²) in [5, 5.41) is 10.3. The summed E-state index contributed by atoms with van der Waals surface area (Å²) in [5.74, 6) is 1.53. The van der Waals surface area contributed by atoms with Crippen LogP contribution >= 0.6 is 0 Å². The SMILES string of the molecule is COc1cccc(CNCc2cn[nH]c2C)c1OC. The van der Waals surface area contributed by atoms with Crippen molar-refractivity contribution in [3.05, 3.63) is 41.2 Å². The van der Waals surface area contributed by atoms with E-state index in [1.807, 2.05) is 31.3 Å². The van der Waals surface area contributed by atoms with Gasteiger partial charge in [-0.15, -0.1) is 0 Å². The van der Waals surface area contributed by atoms with Crippen molar-refractivity contribution in [3.63, 3.8) is 0 Å². The molecule has 2 rings (SSSR count). The van der Waals surface area contributed by atoms with Gasteiger partial charge in [-0.3, -0.25) is 5.10 Å². The lowest BCUT2D eigenvalue weighted by atomic mass is 10.1. The molecule has 0 aliphatic carbocycles. The summed E-state index contributed by atoms with van der Waals surface area (Å²) in [6.45, 7) is 3.49. The second-order valence-corrected chi connectivity index (χ2v) is 4.28. The van der Waals surface area contributed by atoms with E-state index in [1.54, 1.807) is 14.2 Å². The molecule has 0 atom stereocenters. The van der Waals surface area contributed by atoms with Gasteiger partial charge in [0.1, 0.15) is 0 Å². The number of hydrogen-bond acceptors (Lipinski definition) is 4. The third-order valence-electron chi connectivity index (χ3n) is 3.05. The molecule has 102 valence electrons. The minimum atomic E-state index is 0.713. The van der Waals surface area contributed by atoms with Gasteiger partial charge in [0, 0.05) is 29.9 Å². The van der Waals surface area contributed by atoms with Crippen molar-refractivity contribution in [2.45, 2.75) is 20.0 Å². The predicted molar refractivity (Wildman–Crippen MR) is 73.4 cm³/mol. The maximum atomic E-state index is 5.40. The van der Waals surface area contributed by atoms with Gasteiger partial charge in [0.05, 0.1) is 20.4 Å². The summed E-state index contributed by atoms with van der Waals surface area (Å²) in [5.41, 5.74) is 3.33. The van der Waals surface area contributed by atoms with Crippen LogP contribution in [-0.4, -0.2) is 24.4 Å². The van der Waals surface area contributed by atoms with Gasteiger partial charge in [-0.1, -0.05) is 12.1 Å². The van der Waals surface area contributed by atoms with Crippen LogP contribution in [0.5, 0.6) is 11.5 Å². The van der Waals surface area contributed by atoms with Crippen LogP contribution in [-0.2, 0) is 13.1 Å². The number of rotatable bonds is 6. The van der Waals surface area contributed by atoms with Crippen molar-refractivity contribution < 1.29 is 9.47 Å². The number of ether oxygens (including phenoxy) is 2. The molecule has 0 aliphatic heterocycles. The fourth-order valence-corrected chi connectivity index (χ4v) is 1.98. The summed E-state index contributed by atoms with van der Waals surface area (Å²) in [4.78, 5) is 0. The standard InChI is InChI=1S/C14H19N3O2/c1-10-12(9-16-17-10)8-15-7-11-5-4-6-13(18-2)14(11)19-3/h4-6,9,15H,7-8H2,1-3H3,(H,16,17). The van der Waals surface area contributed by atoms with Gasteiger partial charge in [0.15, 0.2) is 11.5 Å². The van der Waals surface area contributed by atoms with E-state index in [1.165, 1.54) is 5.56 Å². The monoisotopic (exact) mass is 261 g/mol. The molecule has 0 saturated carbocycles. The predicted octanol–water partition coefficient (Wildman–Crippen LogP) is 2.03. The van der Waals surface area contributed by atoms with Gasteiger partial charge in [-0.25, -0.2) is 0 Å². The normalized spacial score (nSPS) is 10.5. The fraction of sp³-hybridized carbons (Fsp3) is 0.357. The third-order valence-corrected chi connectivity index (χ3v) is 3.05. The van der Waals surface area contributed by atoms with Crippen LogP contribution in [0.15, 0.2) is 24.4 Å². The van der Waals surface area contributed by atoms with E-state index in [9.17, 15) is 0 Å². The van der Waals surface area contributed by atoms with E-state index in [0.29, 0.717) is 6.54 Å². The van der Waals surface area contributed by atoms with Crippen molar-refractivity contribution in [2.24, 2.45) is 0 Å². The molecular formula is C14H19N3O2. The Balaban J connectivity index is 2.01. The zero-order valence-electron chi connectivity index (χ0n) is 11.5. The Morgan fingerprint density at radius 2 is 1.95 bits per heavy atom. The second-order valence-electron chi connectivity index (χ2n) is 4.28. The molecule has 5 heteroatoms. The summed E-state index contributed by atoms with van der Waals surface area (Å²) >= 11 is 0. The van der Waals surface area contributed by atoms with Crippen LogP contribution in [0.4, 0.5) is 0 Å². The molecule has 1 aromatic heterocycles. The first-order valence-electron chi connectivity index (χ1n) is 6.15. The quantitative estimate of drug-likeness (QED) is 0.835. The van der Waals surface area contributed by atoms with Gasteiger partial charge in [-0.2, -0.15) is 5.10 Å². The Morgan fingerprint density at radius 1 is 1.16 bits per heavy atom. The average Bonchev–Trinajstić information content (AvgIpc) is 2.84. The van der Waals surface area contributed by atoms with Crippen LogP contribution < -0.4 is 14.8 Å². The molecular weight excluding hydrogens is 242 g/mol. The zero-order chi connectivity index (χ0) is 13.7. The topological polar surface area (TPSA) is 59.2 Å². The van der Waals surface area contributed by atoms with Crippen molar-refractivity contribution in [3.8, 4) is 11.5 Å². The van der Waals surface area contributed by atoms with Crippen LogP contribution in [0.1, 0.15) is 16.8 Å². The summed E-state index contributed by atoms with van der Waals surface area (Å²) in [7, 11) is 3.30.